The lowest BCUT2D eigenvalue weighted by Crippen LogP contribution is -2.44. The van der Waals surface area contributed by atoms with Crippen LogP contribution in [0.5, 0.6) is 0 Å². The van der Waals surface area contributed by atoms with Crippen molar-refractivity contribution < 1.29 is 19.5 Å². The van der Waals surface area contributed by atoms with Gasteiger partial charge in [0.15, 0.2) is 6.79 Å². The number of hydroxylamine groups is 2. The molecule has 0 aromatic heterocycles. The summed E-state index contributed by atoms with van der Waals surface area (Å²) in [7, 11) is 0. The fraction of sp³-hybridized carbons (Fsp3) is 0.471. The van der Waals surface area contributed by atoms with Gasteiger partial charge in [0.1, 0.15) is 11.3 Å². The second kappa shape index (κ2) is 6.10. The number of rotatable bonds is 5. The highest BCUT2D eigenvalue weighted by atomic mass is 16.8. The van der Waals surface area contributed by atoms with Crippen molar-refractivity contribution in [1.82, 2.24) is 5.06 Å². The quantitative estimate of drug-likeness (QED) is 0.671. The molecule has 0 aliphatic carbocycles. The maximum absolute atomic E-state index is 12.8. The Morgan fingerprint density at radius 1 is 1.23 bits per heavy atom. The van der Waals surface area contributed by atoms with Gasteiger partial charge in [-0.3, -0.25) is 4.79 Å². The molecule has 0 saturated heterocycles. The van der Waals surface area contributed by atoms with E-state index in [1.54, 1.807) is 13.8 Å². The van der Waals surface area contributed by atoms with Gasteiger partial charge < -0.3 is 9.84 Å². The summed E-state index contributed by atoms with van der Waals surface area (Å²) >= 11 is 0. The number of carbonyl (C=O) groups is 1. The molecule has 0 radical (unpaired) electrons. The lowest BCUT2D eigenvalue weighted by Gasteiger charge is -2.30. The molecule has 5 heteroatoms. The van der Waals surface area contributed by atoms with Crippen LogP contribution in [0, 0.1) is 13.8 Å². The van der Waals surface area contributed by atoms with Crippen LogP contribution in [0.4, 0.5) is 0 Å². The van der Waals surface area contributed by atoms with Gasteiger partial charge in [-0.2, -0.15) is 0 Å². The minimum Gasteiger partial charge on any atom is -0.509 e. The minimum absolute atomic E-state index is 0.0198. The van der Waals surface area contributed by atoms with Crippen LogP contribution in [0.15, 0.2) is 24.0 Å². The third-order valence-corrected chi connectivity index (χ3v) is 3.92. The molecule has 22 heavy (non-hydrogen) atoms. The number of hydrogen-bond acceptors (Lipinski definition) is 4. The molecule has 1 amide bonds. The molecule has 2 rings (SSSR count). The van der Waals surface area contributed by atoms with Gasteiger partial charge in [0, 0.05) is 6.61 Å². The van der Waals surface area contributed by atoms with Gasteiger partial charge in [-0.15, -0.1) is 0 Å². The fourth-order valence-corrected chi connectivity index (χ4v) is 2.69. The molecule has 0 atom stereocenters. The Bertz CT molecular complexity index is 599. The highest BCUT2D eigenvalue weighted by molar-refractivity contribution is 6.23. The van der Waals surface area contributed by atoms with Gasteiger partial charge in [-0.1, -0.05) is 18.2 Å². The Morgan fingerprint density at radius 3 is 2.36 bits per heavy atom. The topological polar surface area (TPSA) is 59.0 Å². The average Bonchev–Trinajstić information content (AvgIpc) is 2.61. The molecule has 0 spiro atoms. The zero-order chi connectivity index (χ0) is 16.5. The molecule has 0 bridgehead atoms. The number of amides is 1. The summed E-state index contributed by atoms with van der Waals surface area (Å²) in [6, 6.07) is 5.78. The summed E-state index contributed by atoms with van der Waals surface area (Å²) in [6.07, 6.45) is 0. The van der Waals surface area contributed by atoms with Crippen molar-refractivity contribution in [1.29, 1.82) is 0 Å². The first-order valence-corrected chi connectivity index (χ1v) is 7.37. The molecule has 1 aliphatic heterocycles. The molecule has 0 saturated carbocycles. The smallest absolute Gasteiger partial charge is 0.282 e. The molecule has 1 heterocycles. The first-order valence-electron chi connectivity index (χ1n) is 7.37. The standard InChI is InChI=1S/C17H23NO4/c1-6-21-10-22-18-16(20)14(15(19)17(18,4)5)13-11(2)8-7-9-12(13)3/h7-9,19H,6,10H2,1-5H3. The van der Waals surface area contributed by atoms with Crippen LogP contribution in [-0.4, -0.2) is 35.0 Å². The summed E-state index contributed by atoms with van der Waals surface area (Å²) in [4.78, 5) is 18.2. The Morgan fingerprint density at radius 2 is 1.82 bits per heavy atom. The zero-order valence-electron chi connectivity index (χ0n) is 13.8. The number of aliphatic hydroxyl groups is 1. The van der Waals surface area contributed by atoms with E-state index in [-0.39, 0.29) is 18.5 Å². The molecule has 1 N–H and O–H groups in total. The van der Waals surface area contributed by atoms with Crippen LogP contribution < -0.4 is 0 Å². The number of ether oxygens (including phenoxy) is 1. The van der Waals surface area contributed by atoms with Gasteiger partial charge in [0.25, 0.3) is 5.91 Å². The summed E-state index contributed by atoms with van der Waals surface area (Å²) < 4.78 is 5.14. The molecular weight excluding hydrogens is 282 g/mol. The molecule has 1 aliphatic rings. The molecular formula is C17H23NO4. The van der Waals surface area contributed by atoms with Gasteiger partial charge in [-0.05, 0) is 51.3 Å². The molecule has 0 fully saturated rings. The second-order valence-electron chi connectivity index (χ2n) is 5.89. The van der Waals surface area contributed by atoms with Crippen molar-refractivity contribution in [3.05, 3.63) is 40.6 Å². The Hall–Kier alpha value is -1.85. The first kappa shape index (κ1) is 16.5. The maximum Gasteiger partial charge on any atom is 0.282 e. The van der Waals surface area contributed by atoms with Crippen LogP contribution in [-0.2, 0) is 14.4 Å². The Kier molecular flexibility index (Phi) is 4.58. The lowest BCUT2D eigenvalue weighted by molar-refractivity contribution is -0.242. The summed E-state index contributed by atoms with van der Waals surface area (Å²) in [6.45, 7) is 9.64. The van der Waals surface area contributed by atoms with Gasteiger partial charge in [-0.25, -0.2) is 9.90 Å². The van der Waals surface area contributed by atoms with E-state index in [4.69, 9.17) is 9.57 Å². The third-order valence-electron chi connectivity index (χ3n) is 3.92. The van der Waals surface area contributed by atoms with Crippen LogP contribution in [0.1, 0.15) is 37.5 Å². The van der Waals surface area contributed by atoms with Crippen LogP contribution in [0.25, 0.3) is 5.57 Å². The maximum atomic E-state index is 12.8. The summed E-state index contributed by atoms with van der Waals surface area (Å²) in [5.41, 5.74) is 2.02. The Labute approximate surface area is 131 Å². The molecule has 5 nitrogen and oxygen atoms in total. The predicted molar refractivity (Wildman–Crippen MR) is 84.0 cm³/mol. The second-order valence-corrected chi connectivity index (χ2v) is 5.89. The Balaban J connectivity index is 2.44. The van der Waals surface area contributed by atoms with E-state index >= 15 is 0 Å². The van der Waals surface area contributed by atoms with Crippen molar-refractivity contribution in [2.45, 2.75) is 40.2 Å². The third kappa shape index (κ3) is 2.62. The van der Waals surface area contributed by atoms with Gasteiger partial charge in [0.2, 0.25) is 0 Å². The number of carbonyl (C=O) groups excluding carboxylic acids is 1. The van der Waals surface area contributed by atoms with Crippen LogP contribution in [0.3, 0.4) is 0 Å². The van der Waals surface area contributed by atoms with E-state index in [2.05, 4.69) is 0 Å². The van der Waals surface area contributed by atoms with Crippen molar-refractivity contribution >= 4 is 11.5 Å². The van der Waals surface area contributed by atoms with E-state index in [1.807, 2.05) is 39.0 Å². The normalized spacial score (nSPS) is 17.5. The minimum atomic E-state index is -0.932. The monoisotopic (exact) mass is 305 g/mol. The van der Waals surface area contributed by atoms with E-state index in [9.17, 15) is 9.90 Å². The zero-order valence-corrected chi connectivity index (χ0v) is 13.8. The van der Waals surface area contributed by atoms with Gasteiger partial charge >= 0.3 is 0 Å². The van der Waals surface area contributed by atoms with Crippen molar-refractivity contribution in [3.8, 4) is 0 Å². The van der Waals surface area contributed by atoms with Crippen LogP contribution >= 0.6 is 0 Å². The van der Waals surface area contributed by atoms with E-state index in [1.165, 1.54) is 5.06 Å². The number of hydrogen-bond donors (Lipinski definition) is 1. The number of benzene rings is 1. The SMILES string of the molecule is CCOCON1C(=O)C(c2c(C)cccc2C)=C(O)C1(C)C. The number of nitrogens with zero attached hydrogens (tertiary/aromatic N) is 1. The highest BCUT2D eigenvalue weighted by Gasteiger charge is 2.48. The molecule has 1 aromatic rings. The van der Waals surface area contributed by atoms with Crippen molar-refractivity contribution in [3.63, 3.8) is 0 Å². The van der Waals surface area contributed by atoms with Crippen molar-refractivity contribution in [2.75, 3.05) is 13.4 Å². The average molecular weight is 305 g/mol. The number of aryl methyl sites for hydroxylation is 2. The molecule has 0 unspecified atom stereocenters. The van der Waals surface area contributed by atoms with E-state index in [0.29, 0.717) is 12.2 Å². The summed E-state index contributed by atoms with van der Waals surface area (Å²) in [5.74, 6) is -0.328. The van der Waals surface area contributed by atoms with Gasteiger partial charge in [0.05, 0.1) is 5.57 Å². The molecule has 120 valence electrons. The fourth-order valence-electron chi connectivity index (χ4n) is 2.69. The van der Waals surface area contributed by atoms with Crippen molar-refractivity contribution in [2.24, 2.45) is 0 Å². The van der Waals surface area contributed by atoms with E-state index < -0.39 is 5.54 Å². The highest BCUT2D eigenvalue weighted by Crippen LogP contribution is 2.40. The first-order chi connectivity index (χ1) is 10.3. The van der Waals surface area contributed by atoms with E-state index in [0.717, 1.165) is 16.7 Å². The lowest BCUT2D eigenvalue weighted by atomic mass is 9.93. The molecule has 1 aromatic carbocycles. The largest absolute Gasteiger partial charge is 0.509 e. The predicted octanol–water partition coefficient (Wildman–Crippen LogP) is 3.12. The number of aliphatic hydroxyl groups excluding tert-OH is 1. The summed E-state index contributed by atoms with van der Waals surface area (Å²) in [5, 5.41) is 11.8. The van der Waals surface area contributed by atoms with Crippen LogP contribution in [0.2, 0.25) is 0 Å².